The topological polar surface area (TPSA) is 105 Å². The standard InChI is InChI=1S/C26H23FN2O5S/c27-22-10-9-16(25(31)32)13-23(22)29-24(30)15-35-12-11-28-26(33)34-14-21-19-7-3-1-5-17(19)18-6-2-4-8-20(18)21/h1-10,13,21H,11-12,14-15H2,(H,28,33)(H,29,30)(H,31,32). The van der Waals surface area contributed by atoms with E-state index in [1.807, 2.05) is 36.4 Å². The van der Waals surface area contributed by atoms with Gasteiger partial charge in [0.25, 0.3) is 0 Å². The Balaban J connectivity index is 1.18. The number of alkyl carbamates (subject to hydrolysis) is 1. The van der Waals surface area contributed by atoms with Gasteiger partial charge in [0.1, 0.15) is 12.4 Å². The third-order valence-corrected chi connectivity index (χ3v) is 6.54. The normalized spacial score (nSPS) is 11.9. The van der Waals surface area contributed by atoms with Crippen LogP contribution in [-0.4, -0.2) is 47.7 Å². The predicted octanol–water partition coefficient (Wildman–Crippen LogP) is 4.73. The maximum atomic E-state index is 13.8. The fraction of sp³-hybridized carbons (Fsp3) is 0.192. The van der Waals surface area contributed by atoms with E-state index in [0.717, 1.165) is 40.5 Å². The van der Waals surface area contributed by atoms with E-state index in [-0.39, 0.29) is 36.1 Å². The van der Waals surface area contributed by atoms with Crippen LogP contribution in [0.3, 0.4) is 0 Å². The van der Waals surface area contributed by atoms with Gasteiger partial charge in [0.05, 0.1) is 17.0 Å². The summed E-state index contributed by atoms with van der Waals surface area (Å²) in [5.41, 5.74) is 4.26. The lowest BCUT2D eigenvalue weighted by Gasteiger charge is -2.14. The lowest BCUT2D eigenvalue weighted by Crippen LogP contribution is -2.28. The number of anilines is 1. The molecule has 0 heterocycles. The van der Waals surface area contributed by atoms with Crippen molar-refractivity contribution < 1.29 is 28.6 Å². The molecular formula is C26H23FN2O5S. The van der Waals surface area contributed by atoms with E-state index in [1.54, 1.807) is 0 Å². The molecule has 0 saturated heterocycles. The minimum atomic E-state index is -1.21. The second-order valence-corrected chi connectivity index (χ2v) is 8.96. The van der Waals surface area contributed by atoms with E-state index < -0.39 is 23.8 Å². The van der Waals surface area contributed by atoms with Crippen LogP contribution in [0.25, 0.3) is 11.1 Å². The van der Waals surface area contributed by atoms with Crippen LogP contribution in [0.5, 0.6) is 0 Å². The monoisotopic (exact) mass is 494 g/mol. The zero-order valence-electron chi connectivity index (χ0n) is 18.6. The Hall–Kier alpha value is -3.85. The van der Waals surface area contributed by atoms with Crippen LogP contribution in [0.1, 0.15) is 27.4 Å². The van der Waals surface area contributed by atoms with Gasteiger partial charge in [-0.25, -0.2) is 14.0 Å². The third-order valence-electron chi connectivity index (χ3n) is 5.58. The van der Waals surface area contributed by atoms with Crippen molar-refractivity contribution in [2.45, 2.75) is 5.92 Å². The summed E-state index contributed by atoms with van der Waals surface area (Å²) in [5.74, 6) is -1.97. The number of thioether (sulfide) groups is 1. The van der Waals surface area contributed by atoms with Gasteiger partial charge >= 0.3 is 12.1 Å². The van der Waals surface area contributed by atoms with E-state index in [9.17, 15) is 18.8 Å². The fourth-order valence-electron chi connectivity index (χ4n) is 3.98. The molecule has 0 bridgehead atoms. The number of carboxylic acid groups (broad SMARTS) is 1. The predicted molar refractivity (Wildman–Crippen MR) is 132 cm³/mol. The average molecular weight is 495 g/mol. The Labute approximate surface area is 205 Å². The molecule has 0 atom stereocenters. The number of fused-ring (bicyclic) bond motifs is 3. The largest absolute Gasteiger partial charge is 0.478 e. The smallest absolute Gasteiger partial charge is 0.407 e. The number of rotatable bonds is 9. The number of ether oxygens (including phenoxy) is 1. The van der Waals surface area contributed by atoms with Crippen LogP contribution in [-0.2, 0) is 9.53 Å². The van der Waals surface area contributed by atoms with Crippen LogP contribution >= 0.6 is 11.8 Å². The Morgan fingerprint density at radius 3 is 2.29 bits per heavy atom. The molecule has 0 spiro atoms. The highest BCUT2D eigenvalue weighted by Crippen LogP contribution is 2.44. The lowest BCUT2D eigenvalue weighted by atomic mass is 9.98. The van der Waals surface area contributed by atoms with Crippen molar-refractivity contribution in [1.82, 2.24) is 5.32 Å². The summed E-state index contributed by atoms with van der Waals surface area (Å²) < 4.78 is 19.3. The molecule has 0 aromatic heterocycles. The average Bonchev–Trinajstić information content (AvgIpc) is 3.17. The van der Waals surface area contributed by atoms with Gasteiger partial charge in [0.2, 0.25) is 5.91 Å². The number of halogens is 1. The molecule has 9 heteroatoms. The van der Waals surface area contributed by atoms with Crippen molar-refractivity contribution in [2.75, 3.05) is 30.0 Å². The molecule has 0 aliphatic heterocycles. The first-order valence-electron chi connectivity index (χ1n) is 10.9. The van der Waals surface area contributed by atoms with Gasteiger partial charge in [-0.15, -0.1) is 0 Å². The van der Waals surface area contributed by atoms with E-state index >= 15 is 0 Å². The number of hydrogen-bond acceptors (Lipinski definition) is 5. The molecule has 0 unspecified atom stereocenters. The Bertz CT molecular complexity index is 1220. The van der Waals surface area contributed by atoms with Gasteiger partial charge < -0.3 is 20.5 Å². The van der Waals surface area contributed by atoms with Crippen LogP contribution in [0.4, 0.5) is 14.9 Å². The van der Waals surface area contributed by atoms with E-state index in [0.29, 0.717) is 5.75 Å². The van der Waals surface area contributed by atoms with Crippen molar-refractivity contribution in [3.63, 3.8) is 0 Å². The summed E-state index contributed by atoms with van der Waals surface area (Å²) in [6.07, 6.45) is -0.538. The summed E-state index contributed by atoms with van der Waals surface area (Å²) >= 11 is 1.24. The van der Waals surface area contributed by atoms with Crippen LogP contribution in [0.15, 0.2) is 66.7 Å². The summed E-state index contributed by atoms with van der Waals surface area (Å²) in [6, 6.07) is 19.3. The maximum Gasteiger partial charge on any atom is 0.407 e. The zero-order valence-corrected chi connectivity index (χ0v) is 19.4. The number of nitrogens with one attached hydrogen (secondary N) is 2. The fourth-order valence-corrected chi connectivity index (χ4v) is 4.63. The minimum Gasteiger partial charge on any atom is -0.478 e. The van der Waals surface area contributed by atoms with Crippen molar-refractivity contribution in [2.24, 2.45) is 0 Å². The van der Waals surface area contributed by atoms with Crippen LogP contribution in [0, 0.1) is 5.82 Å². The van der Waals surface area contributed by atoms with Crippen molar-refractivity contribution in [1.29, 1.82) is 0 Å². The summed E-state index contributed by atoms with van der Waals surface area (Å²) in [5, 5.41) is 14.0. The Kier molecular flexibility index (Phi) is 7.67. The molecule has 3 aromatic carbocycles. The molecule has 3 aromatic rings. The van der Waals surface area contributed by atoms with E-state index in [4.69, 9.17) is 9.84 Å². The number of carbonyl (C=O) groups excluding carboxylic acids is 2. The first kappa shape index (κ1) is 24.3. The van der Waals surface area contributed by atoms with Gasteiger partial charge in [0, 0.05) is 18.2 Å². The molecule has 180 valence electrons. The summed E-state index contributed by atoms with van der Waals surface area (Å²) in [7, 11) is 0. The zero-order chi connectivity index (χ0) is 24.8. The van der Waals surface area contributed by atoms with Gasteiger partial charge in [-0.2, -0.15) is 11.8 Å². The second kappa shape index (κ2) is 11.1. The highest BCUT2D eigenvalue weighted by molar-refractivity contribution is 7.99. The second-order valence-electron chi connectivity index (χ2n) is 7.85. The lowest BCUT2D eigenvalue weighted by molar-refractivity contribution is -0.113. The number of carboxylic acids is 1. The third kappa shape index (κ3) is 5.81. The number of benzene rings is 3. The molecule has 4 rings (SSSR count). The molecule has 2 amide bonds. The van der Waals surface area contributed by atoms with Crippen molar-refractivity contribution >= 4 is 35.4 Å². The van der Waals surface area contributed by atoms with Crippen molar-refractivity contribution in [3.8, 4) is 11.1 Å². The molecule has 7 nitrogen and oxygen atoms in total. The van der Waals surface area contributed by atoms with Crippen LogP contribution in [0.2, 0.25) is 0 Å². The maximum absolute atomic E-state index is 13.8. The quantitative estimate of drug-likeness (QED) is 0.372. The molecular weight excluding hydrogens is 471 g/mol. The van der Waals surface area contributed by atoms with Gasteiger partial charge in [0.15, 0.2) is 0 Å². The van der Waals surface area contributed by atoms with Gasteiger partial charge in [-0.05, 0) is 40.5 Å². The molecule has 0 saturated carbocycles. The Morgan fingerprint density at radius 1 is 0.971 bits per heavy atom. The number of carbonyl (C=O) groups is 3. The molecule has 1 aliphatic rings. The molecule has 0 fully saturated rings. The van der Waals surface area contributed by atoms with Crippen LogP contribution < -0.4 is 10.6 Å². The van der Waals surface area contributed by atoms with E-state index in [2.05, 4.69) is 22.8 Å². The molecule has 35 heavy (non-hydrogen) atoms. The number of hydrogen-bond donors (Lipinski definition) is 3. The Morgan fingerprint density at radius 2 is 1.63 bits per heavy atom. The summed E-state index contributed by atoms with van der Waals surface area (Å²) in [6.45, 7) is 0.508. The molecule has 0 radical (unpaired) electrons. The first-order chi connectivity index (χ1) is 16.9. The highest BCUT2D eigenvalue weighted by Gasteiger charge is 2.28. The molecule has 1 aliphatic carbocycles. The number of aromatic carboxylic acids is 1. The molecule has 3 N–H and O–H groups in total. The summed E-state index contributed by atoms with van der Waals surface area (Å²) in [4.78, 5) is 35.2. The highest BCUT2D eigenvalue weighted by atomic mass is 32.2. The van der Waals surface area contributed by atoms with E-state index in [1.165, 1.54) is 11.8 Å². The van der Waals surface area contributed by atoms with Crippen molar-refractivity contribution in [3.05, 3.63) is 89.2 Å². The van der Waals surface area contributed by atoms with Gasteiger partial charge in [-0.1, -0.05) is 48.5 Å². The minimum absolute atomic E-state index is 0.0170. The SMILES string of the molecule is O=C(CSCCNC(=O)OCC1c2ccccc2-c2ccccc21)Nc1cc(C(=O)O)ccc1F. The first-order valence-corrected chi connectivity index (χ1v) is 12.1. The number of amides is 2. The van der Waals surface area contributed by atoms with Gasteiger partial charge in [-0.3, -0.25) is 4.79 Å².